The Balaban J connectivity index is 1.38. The molecule has 2 aromatic carbocycles. The molecule has 4 aromatic rings. The Bertz CT molecular complexity index is 1510. The van der Waals surface area contributed by atoms with Gasteiger partial charge in [-0.15, -0.1) is 0 Å². The Morgan fingerprint density at radius 3 is 2.51 bits per heavy atom. The molecule has 0 N–H and O–H groups in total. The Hall–Kier alpha value is -3.50. The minimum absolute atomic E-state index is 0.279. The maximum Gasteiger partial charge on any atom is 0.150 e. The minimum atomic E-state index is 0.279. The number of morpholine rings is 1. The van der Waals surface area contributed by atoms with Gasteiger partial charge < -0.3 is 4.74 Å². The van der Waals surface area contributed by atoms with Gasteiger partial charge in [0.05, 0.1) is 24.4 Å². The number of imidazole rings is 1. The van der Waals surface area contributed by atoms with Crippen LogP contribution in [0.25, 0.3) is 33.4 Å². The number of hydrogen-bond acceptors (Lipinski definition) is 5. The molecule has 0 bridgehead atoms. The molecule has 1 aliphatic heterocycles. The van der Waals surface area contributed by atoms with Crippen LogP contribution in [0, 0.1) is 12.5 Å². The Morgan fingerprint density at radius 2 is 1.78 bits per heavy atom. The Labute approximate surface area is 222 Å². The van der Waals surface area contributed by atoms with E-state index in [-0.39, 0.29) is 5.92 Å². The van der Waals surface area contributed by atoms with Crippen molar-refractivity contribution in [3.63, 3.8) is 0 Å². The highest BCUT2D eigenvalue weighted by Gasteiger charge is 2.39. The lowest BCUT2D eigenvalue weighted by Crippen LogP contribution is -2.49. The molecule has 0 unspecified atom stereocenters. The molecule has 1 saturated heterocycles. The van der Waals surface area contributed by atoms with E-state index in [4.69, 9.17) is 32.7 Å². The van der Waals surface area contributed by atoms with Crippen LogP contribution in [0.4, 0.5) is 0 Å². The molecular weight excluding hydrogens is 482 g/mol. The summed E-state index contributed by atoms with van der Waals surface area (Å²) in [5.74, 6) is 1.16. The van der Waals surface area contributed by atoms with Crippen LogP contribution >= 0.6 is 11.6 Å². The number of aliphatic imine (C=N–C) groups is 1. The van der Waals surface area contributed by atoms with E-state index < -0.39 is 0 Å². The van der Waals surface area contributed by atoms with Crippen LogP contribution < -0.4 is 0 Å². The first-order chi connectivity index (χ1) is 18.2. The van der Waals surface area contributed by atoms with E-state index in [0.717, 1.165) is 78.4 Å². The van der Waals surface area contributed by atoms with Gasteiger partial charge in [-0.2, -0.15) is 0 Å². The second-order valence-corrected chi connectivity index (χ2v) is 9.94. The first kappa shape index (κ1) is 23.9. The van der Waals surface area contributed by atoms with Gasteiger partial charge in [0.1, 0.15) is 17.2 Å². The van der Waals surface area contributed by atoms with E-state index >= 15 is 0 Å². The summed E-state index contributed by atoms with van der Waals surface area (Å²) >= 11 is 6.64. The van der Waals surface area contributed by atoms with Gasteiger partial charge in [-0.05, 0) is 25.0 Å². The average molecular weight is 510 g/mol. The van der Waals surface area contributed by atoms with Gasteiger partial charge in [0.15, 0.2) is 5.17 Å². The van der Waals surface area contributed by atoms with Crippen molar-refractivity contribution >= 4 is 27.7 Å². The number of nitrogens with zero attached hydrogens (tertiary/aromatic N) is 5. The third-order valence-electron chi connectivity index (χ3n) is 7.50. The number of hydrogen-bond donors (Lipinski definition) is 0. The highest BCUT2D eigenvalue weighted by molar-refractivity contribution is 6.69. The molecule has 0 amide bonds. The van der Waals surface area contributed by atoms with Crippen LogP contribution in [0.15, 0.2) is 65.7 Å². The summed E-state index contributed by atoms with van der Waals surface area (Å²) in [5.41, 5.74) is 5.22. The fraction of sp³-hybridized carbons (Fsp3) is 0.300. The number of benzene rings is 2. The molecule has 6 nitrogen and oxygen atoms in total. The van der Waals surface area contributed by atoms with Crippen molar-refractivity contribution in [2.45, 2.75) is 24.8 Å². The number of halogens is 1. The van der Waals surface area contributed by atoms with Gasteiger partial charge in [-0.1, -0.05) is 66.6 Å². The van der Waals surface area contributed by atoms with Crippen molar-refractivity contribution in [1.29, 1.82) is 0 Å². The number of terminal acetylenes is 1. The number of ether oxygens (including phenoxy) is 1. The van der Waals surface area contributed by atoms with Crippen LogP contribution in [0.5, 0.6) is 0 Å². The van der Waals surface area contributed by atoms with Crippen molar-refractivity contribution in [2.24, 2.45) is 4.99 Å². The third kappa shape index (κ3) is 4.44. The van der Waals surface area contributed by atoms with Gasteiger partial charge in [-0.25, -0.2) is 9.97 Å². The molecule has 1 saturated carbocycles. The van der Waals surface area contributed by atoms with Crippen molar-refractivity contribution in [3.8, 4) is 35.0 Å². The molecule has 1 aliphatic carbocycles. The summed E-state index contributed by atoms with van der Waals surface area (Å²) in [6.45, 7) is 3.58. The number of rotatable bonds is 5. The predicted molar refractivity (Wildman–Crippen MR) is 149 cm³/mol. The van der Waals surface area contributed by atoms with Gasteiger partial charge in [0.25, 0.3) is 0 Å². The summed E-state index contributed by atoms with van der Waals surface area (Å²) in [4.78, 5) is 16.8. The zero-order valence-electron chi connectivity index (χ0n) is 20.8. The third-order valence-corrected chi connectivity index (χ3v) is 7.85. The number of fused-ring (bicyclic) bond motifs is 1. The molecule has 37 heavy (non-hydrogen) atoms. The summed E-state index contributed by atoms with van der Waals surface area (Å²) in [7, 11) is 1.67. The van der Waals surface area contributed by atoms with Gasteiger partial charge in [0.2, 0.25) is 0 Å². The largest absolute Gasteiger partial charge is 0.379 e. The maximum atomic E-state index is 6.64. The second kappa shape index (κ2) is 10.1. The van der Waals surface area contributed by atoms with E-state index in [0.29, 0.717) is 16.9 Å². The van der Waals surface area contributed by atoms with Crippen LogP contribution in [-0.2, 0) is 4.74 Å². The molecular formula is C30H28ClN5O. The molecule has 2 fully saturated rings. The lowest BCUT2D eigenvalue weighted by molar-refractivity contribution is -0.00783. The zero-order valence-corrected chi connectivity index (χ0v) is 21.5. The minimum Gasteiger partial charge on any atom is -0.379 e. The lowest BCUT2D eigenvalue weighted by atomic mass is 9.78. The monoisotopic (exact) mass is 509 g/mol. The highest BCUT2D eigenvalue weighted by Crippen LogP contribution is 2.41. The van der Waals surface area contributed by atoms with E-state index in [1.54, 1.807) is 11.6 Å². The maximum absolute atomic E-state index is 6.64. The molecule has 0 spiro atoms. The van der Waals surface area contributed by atoms with Gasteiger partial charge in [-0.3, -0.25) is 14.5 Å². The summed E-state index contributed by atoms with van der Waals surface area (Å²) in [5, 5.41) is 1.41. The van der Waals surface area contributed by atoms with Crippen molar-refractivity contribution in [2.75, 3.05) is 33.4 Å². The van der Waals surface area contributed by atoms with Gasteiger partial charge >= 0.3 is 0 Å². The molecule has 2 aliphatic rings. The first-order valence-electron chi connectivity index (χ1n) is 12.7. The van der Waals surface area contributed by atoms with E-state index in [2.05, 4.69) is 58.4 Å². The van der Waals surface area contributed by atoms with Crippen LogP contribution in [0.3, 0.4) is 0 Å². The first-order valence-corrected chi connectivity index (χ1v) is 13.0. The Kier molecular flexibility index (Phi) is 6.52. The topological polar surface area (TPSA) is 55.5 Å². The molecule has 0 radical (unpaired) electrons. The molecule has 6 rings (SSSR count). The summed E-state index contributed by atoms with van der Waals surface area (Å²) in [6.07, 6.45) is 8.08. The summed E-state index contributed by atoms with van der Waals surface area (Å²) < 4.78 is 7.31. The molecule has 0 atom stereocenters. The zero-order chi connectivity index (χ0) is 25.4. The Morgan fingerprint density at radius 1 is 1.03 bits per heavy atom. The van der Waals surface area contributed by atoms with Crippen LogP contribution in [0.1, 0.15) is 30.3 Å². The number of aromatic nitrogens is 3. The standard InChI is InChI=1S/C30H28ClN5O/c1-3-36-28(29(31)32-2)27(34-30(36)23-17-24(18-23)35-13-15-37-16-14-35)22-10-9-21-11-12-25(33-26(21)19-22)20-7-5-4-6-8-20/h1,4-12,19,23-24H,13-18H2,2H3. The second-order valence-electron chi connectivity index (χ2n) is 9.59. The molecule has 2 aromatic heterocycles. The SMILES string of the molecule is C#Cn1c(C2CC(N3CCOCC3)C2)nc(-c2ccc3ccc(-c4ccccc4)nc3c2)c1C(Cl)=NC. The van der Waals surface area contributed by atoms with Gasteiger partial charge in [0, 0.05) is 54.7 Å². The summed E-state index contributed by atoms with van der Waals surface area (Å²) in [6, 6.07) is 23.9. The van der Waals surface area contributed by atoms with Crippen LogP contribution in [0.2, 0.25) is 0 Å². The van der Waals surface area contributed by atoms with E-state index in [1.165, 1.54) is 0 Å². The van der Waals surface area contributed by atoms with Crippen molar-refractivity contribution in [1.82, 2.24) is 19.4 Å². The fourth-order valence-electron chi connectivity index (χ4n) is 5.41. The molecule has 3 heterocycles. The quantitative estimate of drug-likeness (QED) is 0.267. The lowest BCUT2D eigenvalue weighted by Gasteiger charge is -2.43. The van der Waals surface area contributed by atoms with Crippen molar-refractivity contribution < 1.29 is 4.74 Å². The van der Waals surface area contributed by atoms with E-state index in [1.807, 2.05) is 18.2 Å². The highest BCUT2D eigenvalue weighted by atomic mass is 35.5. The average Bonchev–Trinajstić information content (AvgIpc) is 3.31. The van der Waals surface area contributed by atoms with E-state index in [9.17, 15) is 0 Å². The molecule has 186 valence electrons. The normalized spacial score (nSPS) is 20.5. The van der Waals surface area contributed by atoms with Crippen molar-refractivity contribution in [3.05, 3.63) is 72.2 Å². The fourth-order valence-corrected chi connectivity index (χ4v) is 5.59. The smallest absolute Gasteiger partial charge is 0.150 e. The molecule has 7 heteroatoms. The number of pyridine rings is 1. The predicted octanol–water partition coefficient (Wildman–Crippen LogP) is 5.40. The van der Waals surface area contributed by atoms with Crippen LogP contribution in [-0.4, -0.2) is 64.0 Å².